The van der Waals surface area contributed by atoms with Crippen LogP contribution in [0.15, 0.2) is 36.5 Å². The molecule has 0 saturated carbocycles. The summed E-state index contributed by atoms with van der Waals surface area (Å²) in [7, 11) is 0. The van der Waals surface area contributed by atoms with Gasteiger partial charge in [0.25, 0.3) is 0 Å². The van der Waals surface area contributed by atoms with Crippen LogP contribution in [0, 0.1) is 0 Å². The number of unbranched alkanes of at least 4 members (excludes halogenated alkanes) is 1. The van der Waals surface area contributed by atoms with Gasteiger partial charge in [-0.05, 0) is 37.1 Å². The predicted octanol–water partition coefficient (Wildman–Crippen LogP) is 0.803. The molecular formula is C18H24N4O3. The molecule has 0 unspecified atom stereocenters. The molecule has 0 spiro atoms. The average molecular weight is 344 g/mol. The molecule has 7 nitrogen and oxygen atoms in total. The number of pyridine rings is 1. The fraction of sp³-hybridized carbons (Fsp3) is 0.389. The second-order valence-electron chi connectivity index (χ2n) is 6.03. The van der Waals surface area contributed by atoms with Crippen molar-refractivity contribution in [1.29, 1.82) is 0 Å². The van der Waals surface area contributed by atoms with Crippen molar-refractivity contribution < 1.29 is 14.7 Å². The number of carbonyl (C=O) groups excluding carboxylic acids is 1. The number of fused-ring (bicyclic) bond motifs is 1. The van der Waals surface area contributed by atoms with E-state index in [9.17, 15) is 14.7 Å². The Balaban J connectivity index is 2.02. The molecule has 0 aliphatic rings. The molecule has 2 rings (SSSR count). The number of amides is 1. The van der Waals surface area contributed by atoms with E-state index < -0.39 is 24.0 Å². The van der Waals surface area contributed by atoms with Crippen LogP contribution in [0.25, 0.3) is 10.9 Å². The summed E-state index contributed by atoms with van der Waals surface area (Å²) in [6, 6.07) is 7.68. The molecule has 1 aromatic heterocycles. The van der Waals surface area contributed by atoms with E-state index in [2.05, 4.69) is 10.3 Å². The van der Waals surface area contributed by atoms with Gasteiger partial charge in [0.05, 0.1) is 11.6 Å². The summed E-state index contributed by atoms with van der Waals surface area (Å²) < 4.78 is 0. The summed E-state index contributed by atoms with van der Waals surface area (Å²) in [4.78, 5) is 27.9. The molecule has 2 atom stereocenters. The molecule has 0 saturated heterocycles. The Hall–Kier alpha value is -2.51. The number of para-hydroxylation sites is 1. The zero-order chi connectivity index (χ0) is 18.2. The van der Waals surface area contributed by atoms with Gasteiger partial charge in [-0.2, -0.15) is 0 Å². The normalized spacial score (nSPS) is 13.4. The zero-order valence-electron chi connectivity index (χ0n) is 14.0. The van der Waals surface area contributed by atoms with Gasteiger partial charge in [0.15, 0.2) is 0 Å². The average Bonchev–Trinajstić information content (AvgIpc) is 2.61. The van der Waals surface area contributed by atoms with E-state index in [1.54, 1.807) is 6.20 Å². The third-order valence-corrected chi connectivity index (χ3v) is 4.01. The lowest BCUT2D eigenvalue weighted by atomic mass is 10.0. The highest BCUT2D eigenvalue weighted by Crippen LogP contribution is 2.14. The minimum atomic E-state index is -1.10. The Morgan fingerprint density at radius 2 is 2.00 bits per heavy atom. The fourth-order valence-electron chi connectivity index (χ4n) is 2.58. The van der Waals surface area contributed by atoms with Crippen molar-refractivity contribution in [3.63, 3.8) is 0 Å². The molecular weight excluding hydrogens is 320 g/mol. The van der Waals surface area contributed by atoms with E-state index in [1.165, 1.54) is 0 Å². The van der Waals surface area contributed by atoms with Crippen molar-refractivity contribution in [2.45, 2.75) is 37.8 Å². The second kappa shape index (κ2) is 9.10. The lowest BCUT2D eigenvalue weighted by Gasteiger charge is -2.18. The molecule has 1 amide bonds. The van der Waals surface area contributed by atoms with Crippen molar-refractivity contribution in [3.05, 3.63) is 42.1 Å². The lowest BCUT2D eigenvalue weighted by Crippen LogP contribution is -2.49. The number of hydrogen-bond donors (Lipinski definition) is 4. The molecule has 25 heavy (non-hydrogen) atoms. The van der Waals surface area contributed by atoms with Gasteiger partial charge in [-0.15, -0.1) is 0 Å². The number of aromatic nitrogens is 1. The van der Waals surface area contributed by atoms with Crippen molar-refractivity contribution in [2.24, 2.45) is 11.5 Å². The first-order valence-electron chi connectivity index (χ1n) is 8.33. The first-order chi connectivity index (χ1) is 12.0. The maximum atomic E-state index is 12.1. The molecule has 1 aromatic carbocycles. The Morgan fingerprint density at radius 3 is 2.72 bits per heavy atom. The van der Waals surface area contributed by atoms with Crippen LogP contribution in [-0.2, 0) is 16.0 Å². The molecule has 0 aliphatic carbocycles. The number of benzene rings is 1. The van der Waals surface area contributed by atoms with E-state index in [0.29, 0.717) is 13.0 Å². The maximum Gasteiger partial charge on any atom is 0.326 e. The molecule has 6 N–H and O–H groups in total. The molecule has 0 bridgehead atoms. The molecule has 134 valence electrons. The number of carbonyl (C=O) groups is 2. The number of rotatable bonds is 9. The SMILES string of the molecule is NCCCC[C@@H](N)C(=O)N[C@@H](Cc1cnc2ccccc2c1)C(=O)O. The van der Waals surface area contributed by atoms with Crippen LogP contribution in [0.3, 0.4) is 0 Å². The van der Waals surface area contributed by atoms with Crippen LogP contribution in [-0.4, -0.2) is 40.6 Å². The van der Waals surface area contributed by atoms with Crippen LogP contribution in [0.1, 0.15) is 24.8 Å². The smallest absolute Gasteiger partial charge is 0.326 e. The number of aliphatic carboxylic acids is 1. The summed E-state index contributed by atoms with van der Waals surface area (Å²) in [5, 5.41) is 12.8. The summed E-state index contributed by atoms with van der Waals surface area (Å²) >= 11 is 0. The Kier molecular flexibility index (Phi) is 6.85. The molecule has 2 aromatic rings. The van der Waals surface area contributed by atoms with Crippen LogP contribution < -0.4 is 16.8 Å². The van der Waals surface area contributed by atoms with Crippen molar-refractivity contribution in [3.8, 4) is 0 Å². The standard InChI is InChI=1S/C18H24N4O3/c19-8-4-3-6-14(20)17(23)22-16(18(24)25)10-12-9-13-5-1-2-7-15(13)21-11-12/h1-2,5,7,9,11,14,16H,3-4,6,8,10,19-20H2,(H,22,23)(H,24,25)/t14-,16+/m1/s1. The predicted molar refractivity (Wildman–Crippen MR) is 95.9 cm³/mol. The van der Waals surface area contributed by atoms with Crippen LogP contribution in [0.2, 0.25) is 0 Å². The molecule has 0 fully saturated rings. The van der Waals surface area contributed by atoms with E-state index in [4.69, 9.17) is 11.5 Å². The molecule has 0 radical (unpaired) electrons. The molecule has 7 heteroatoms. The quantitative estimate of drug-likeness (QED) is 0.498. The molecule has 1 heterocycles. The van der Waals surface area contributed by atoms with Gasteiger partial charge in [0.1, 0.15) is 6.04 Å². The third-order valence-electron chi connectivity index (χ3n) is 4.01. The minimum Gasteiger partial charge on any atom is -0.480 e. The number of carboxylic acid groups (broad SMARTS) is 1. The van der Waals surface area contributed by atoms with Gasteiger partial charge in [-0.3, -0.25) is 9.78 Å². The fourth-order valence-corrected chi connectivity index (χ4v) is 2.58. The summed E-state index contributed by atoms with van der Waals surface area (Å²) in [6.45, 7) is 0.543. The second-order valence-corrected chi connectivity index (χ2v) is 6.03. The molecule has 0 aliphatic heterocycles. The highest BCUT2D eigenvalue weighted by molar-refractivity contribution is 5.87. The minimum absolute atomic E-state index is 0.147. The number of nitrogens with zero attached hydrogens (tertiary/aromatic N) is 1. The number of carboxylic acids is 1. The van der Waals surface area contributed by atoms with Crippen molar-refractivity contribution in [2.75, 3.05) is 6.54 Å². The van der Waals surface area contributed by atoms with E-state index >= 15 is 0 Å². The van der Waals surface area contributed by atoms with Gasteiger partial charge in [-0.1, -0.05) is 24.6 Å². The van der Waals surface area contributed by atoms with Crippen LogP contribution >= 0.6 is 0 Å². The highest BCUT2D eigenvalue weighted by Gasteiger charge is 2.23. The largest absolute Gasteiger partial charge is 0.480 e. The number of hydrogen-bond acceptors (Lipinski definition) is 5. The Bertz CT molecular complexity index is 735. The van der Waals surface area contributed by atoms with E-state index in [-0.39, 0.29) is 6.42 Å². The van der Waals surface area contributed by atoms with Gasteiger partial charge >= 0.3 is 5.97 Å². The Morgan fingerprint density at radius 1 is 1.24 bits per heavy atom. The van der Waals surface area contributed by atoms with E-state index in [1.807, 2.05) is 30.3 Å². The van der Waals surface area contributed by atoms with E-state index in [0.717, 1.165) is 29.3 Å². The maximum absolute atomic E-state index is 12.1. The third kappa shape index (κ3) is 5.51. The Labute approximate surface area is 146 Å². The van der Waals surface area contributed by atoms with Crippen LogP contribution in [0.4, 0.5) is 0 Å². The van der Waals surface area contributed by atoms with Crippen LogP contribution in [0.5, 0.6) is 0 Å². The highest BCUT2D eigenvalue weighted by atomic mass is 16.4. The topological polar surface area (TPSA) is 131 Å². The van der Waals surface area contributed by atoms with Gasteiger partial charge < -0.3 is 21.9 Å². The number of nitrogens with one attached hydrogen (secondary N) is 1. The monoisotopic (exact) mass is 344 g/mol. The first kappa shape index (κ1) is 18.8. The summed E-state index contributed by atoms with van der Waals surface area (Å²) in [6.07, 6.45) is 3.77. The first-order valence-corrected chi connectivity index (χ1v) is 8.33. The number of nitrogens with two attached hydrogens (primary N) is 2. The summed E-state index contributed by atoms with van der Waals surface area (Å²) in [5.41, 5.74) is 12.8. The van der Waals surface area contributed by atoms with Crippen molar-refractivity contribution >= 4 is 22.8 Å². The lowest BCUT2D eigenvalue weighted by molar-refractivity contribution is -0.142. The van der Waals surface area contributed by atoms with Crippen molar-refractivity contribution in [1.82, 2.24) is 10.3 Å². The van der Waals surface area contributed by atoms with Gasteiger partial charge in [-0.25, -0.2) is 4.79 Å². The zero-order valence-corrected chi connectivity index (χ0v) is 14.0. The van der Waals surface area contributed by atoms with Gasteiger partial charge in [0.2, 0.25) is 5.91 Å². The van der Waals surface area contributed by atoms with Gasteiger partial charge in [0, 0.05) is 18.0 Å². The summed E-state index contributed by atoms with van der Waals surface area (Å²) in [5.74, 6) is -1.56.